The monoisotopic (exact) mass is 437 g/mol. The van der Waals surface area contributed by atoms with Crippen LogP contribution in [0.2, 0.25) is 0 Å². The average molecular weight is 438 g/mol. The largest absolute Gasteiger partial charge is 0.381 e. The molecule has 3 aromatic rings. The molecule has 1 aliphatic heterocycles. The quantitative estimate of drug-likeness (QED) is 0.335. The van der Waals surface area contributed by atoms with E-state index >= 15 is 0 Å². The van der Waals surface area contributed by atoms with Gasteiger partial charge in [0, 0.05) is 45.3 Å². The molecule has 1 fully saturated rings. The van der Waals surface area contributed by atoms with Crippen molar-refractivity contribution in [1.29, 1.82) is 0 Å². The zero-order chi connectivity index (χ0) is 22.4. The molecule has 0 bridgehead atoms. The topological polar surface area (TPSA) is 63.5 Å². The summed E-state index contributed by atoms with van der Waals surface area (Å²) >= 11 is 0. The molecular weight excluding hydrogens is 405 g/mol. The standard InChI is InChI=1S/C25H32FN5O/c1-19-30-22-9-3-4-10-23(22)31(19)14-6-13-28-24(27-2)29-18-25(11-15-32-16-12-25)20-7-5-8-21(26)17-20/h3-5,7-10,17H,6,11-16,18H2,1-2H3,(H2,27,28,29). The van der Waals surface area contributed by atoms with E-state index in [1.165, 1.54) is 11.6 Å². The van der Waals surface area contributed by atoms with Crippen LogP contribution in [-0.2, 0) is 16.7 Å². The Labute approximate surface area is 188 Å². The van der Waals surface area contributed by atoms with Crippen LogP contribution in [0.15, 0.2) is 53.5 Å². The van der Waals surface area contributed by atoms with Gasteiger partial charge in [0.25, 0.3) is 0 Å². The lowest BCUT2D eigenvalue weighted by atomic mass is 9.74. The van der Waals surface area contributed by atoms with Gasteiger partial charge in [-0.3, -0.25) is 4.99 Å². The van der Waals surface area contributed by atoms with Gasteiger partial charge in [0.15, 0.2) is 5.96 Å². The summed E-state index contributed by atoms with van der Waals surface area (Å²) < 4.78 is 21.8. The first-order valence-electron chi connectivity index (χ1n) is 11.3. The Bertz CT molecular complexity index is 1070. The number of halogens is 1. The van der Waals surface area contributed by atoms with E-state index in [2.05, 4.69) is 37.3 Å². The van der Waals surface area contributed by atoms with Gasteiger partial charge in [-0.1, -0.05) is 24.3 Å². The summed E-state index contributed by atoms with van der Waals surface area (Å²) in [6.45, 7) is 5.78. The van der Waals surface area contributed by atoms with Gasteiger partial charge >= 0.3 is 0 Å². The Morgan fingerprint density at radius 2 is 1.97 bits per heavy atom. The van der Waals surface area contributed by atoms with Crippen LogP contribution >= 0.6 is 0 Å². The number of imidazole rings is 1. The number of ether oxygens (including phenoxy) is 1. The summed E-state index contributed by atoms with van der Waals surface area (Å²) in [6.07, 6.45) is 2.66. The number of rotatable bonds is 7. The summed E-state index contributed by atoms with van der Waals surface area (Å²) in [4.78, 5) is 9.02. The molecule has 32 heavy (non-hydrogen) atoms. The molecule has 2 N–H and O–H groups in total. The lowest BCUT2D eigenvalue weighted by molar-refractivity contribution is 0.0513. The van der Waals surface area contributed by atoms with Gasteiger partial charge in [-0.25, -0.2) is 9.37 Å². The smallest absolute Gasteiger partial charge is 0.191 e. The number of nitrogens with one attached hydrogen (secondary N) is 2. The maximum absolute atomic E-state index is 13.9. The zero-order valence-electron chi connectivity index (χ0n) is 18.9. The molecule has 7 heteroatoms. The van der Waals surface area contributed by atoms with Crippen LogP contribution in [-0.4, -0.2) is 48.9 Å². The molecule has 1 saturated heterocycles. The van der Waals surface area contributed by atoms with Crippen molar-refractivity contribution in [2.24, 2.45) is 4.99 Å². The number of para-hydroxylation sites is 2. The minimum atomic E-state index is -0.196. The SMILES string of the molecule is CN=C(NCCCn1c(C)nc2ccccc21)NCC1(c2cccc(F)c2)CCOCC1. The van der Waals surface area contributed by atoms with E-state index in [1.807, 2.05) is 25.1 Å². The van der Waals surface area contributed by atoms with Crippen LogP contribution < -0.4 is 10.6 Å². The molecule has 2 heterocycles. The number of guanidine groups is 1. The highest BCUT2D eigenvalue weighted by Crippen LogP contribution is 2.34. The molecular formula is C25H32FN5O. The highest BCUT2D eigenvalue weighted by atomic mass is 19.1. The third-order valence-corrected chi connectivity index (χ3v) is 6.40. The molecule has 6 nitrogen and oxygen atoms in total. The Balaban J connectivity index is 1.33. The van der Waals surface area contributed by atoms with Crippen molar-refractivity contribution < 1.29 is 9.13 Å². The van der Waals surface area contributed by atoms with Crippen LogP contribution in [0, 0.1) is 12.7 Å². The van der Waals surface area contributed by atoms with Crippen LogP contribution in [0.1, 0.15) is 30.7 Å². The van der Waals surface area contributed by atoms with E-state index in [-0.39, 0.29) is 11.2 Å². The summed E-state index contributed by atoms with van der Waals surface area (Å²) in [7, 11) is 1.78. The first-order valence-corrected chi connectivity index (χ1v) is 11.3. The van der Waals surface area contributed by atoms with Crippen molar-refractivity contribution >= 4 is 17.0 Å². The summed E-state index contributed by atoms with van der Waals surface area (Å²) in [5.74, 6) is 1.60. The predicted molar refractivity (Wildman–Crippen MR) is 127 cm³/mol. The lowest BCUT2D eigenvalue weighted by Gasteiger charge is -2.38. The number of nitrogens with zero attached hydrogens (tertiary/aromatic N) is 3. The molecule has 1 aliphatic rings. The predicted octanol–water partition coefficient (Wildman–Crippen LogP) is 3.79. The molecule has 2 aromatic carbocycles. The van der Waals surface area contributed by atoms with Crippen molar-refractivity contribution in [2.75, 3.05) is 33.4 Å². The van der Waals surface area contributed by atoms with Gasteiger partial charge in [0.05, 0.1) is 11.0 Å². The van der Waals surface area contributed by atoms with E-state index in [0.29, 0.717) is 19.8 Å². The fraction of sp³-hybridized carbons (Fsp3) is 0.440. The number of hydrogen-bond acceptors (Lipinski definition) is 3. The number of fused-ring (bicyclic) bond motifs is 1. The van der Waals surface area contributed by atoms with Gasteiger partial charge in [0.1, 0.15) is 11.6 Å². The molecule has 0 unspecified atom stereocenters. The second-order valence-corrected chi connectivity index (χ2v) is 8.41. The maximum Gasteiger partial charge on any atom is 0.191 e. The minimum absolute atomic E-state index is 0.162. The average Bonchev–Trinajstić information content (AvgIpc) is 3.14. The number of aliphatic imine (C=N–C) groups is 1. The molecule has 0 aliphatic carbocycles. The van der Waals surface area contributed by atoms with E-state index in [9.17, 15) is 4.39 Å². The molecule has 170 valence electrons. The van der Waals surface area contributed by atoms with Crippen LogP contribution in [0.3, 0.4) is 0 Å². The Morgan fingerprint density at radius 1 is 1.16 bits per heavy atom. The molecule has 0 saturated carbocycles. The second kappa shape index (κ2) is 10.1. The van der Waals surface area contributed by atoms with E-state index in [4.69, 9.17) is 4.74 Å². The Morgan fingerprint density at radius 3 is 2.75 bits per heavy atom. The summed E-state index contributed by atoms with van der Waals surface area (Å²) in [6, 6.07) is 15.2. The highest BCUT2D eigenvalue weighted by Gasteiger charge is 2.34. The Hall–Kier alpha value is -2.93. The van der Waals surface area contributed by atoms with Gasteiger partial charge in [-0.15, -0.1) is 0 Å². The number of aromatic nitrogens is 2. The zero-order valence-corrected chi connectivity index (χ0v) is 18.9. The fourth-order valence-corrected chi connectivity index (χ4v) is 4.54. The van der Waals surface area contributed by atoms with Crippen molar-refractivity contribution in [3.63, 3.8) is 0 Å². The number of aryl methyl sites for hydroxylation is 2. The van der Waals surface area contributed by atoms with Crippen LogP contribution in [0.25, 0.3) is 11.0 Å². The van der Waals surface area contributed by atoms with Gasteiger partial charge < -0.3 is 19.9 Å². The third kappa shape index (κ3) is 4.93. The first-order chi connectivity index (χ1) is 15.6. The summed E-state index contributed by atoms with van der Waals surface area (Å²) in [5.41, 5.74) is 3.06. The fourth-order valence-electron chi connectivity index (χ4n) is 4.54. The molecule has 0 amide bonds. The van der Waals surface area contributed by atoms with Crippen molar-refractivity contribution in [2.45, 2.75) is 38.1 Å². The first kappa shape index (κ1) is 22.3. The van der Waals surface area contributed by atoms with Gasteiger partial charge in [-0.05, 0) is 56.0 Å². The van der Waals surface area contributed by atoms with E-state index in [1.54, 1.807) is 19.2 Å². The van der Waals surface area contributed by atoms with Crippen molar-refractivity contribution in [1.82, 2.24) is 20.2 Å². The van der Waals surface area contributed by atoms with E-state index in [0.717, 1.165) is 55.2 Å². The van der Waals surface area contributed by atoms with Crippen molar-refractivity contribution in [3.05, 3.63) is 65.7 Å². The van der Waals surface area contributed by atoms with Crippen LogP contribution in [0.5, 0.6) is 0 Å². The maximum atomic E-state index is 13.9. The summed E-state index contributed by atoms with van der Waals surface area (Å²) in [5, 5.41) is 6.89. The number of benzene rings is 2. The highest BCUT2D eigenvalue weighted by molar-refractivity contribution is 5.79. The third-order valence-electron chi connectivity index (χ3n) is 6.40. The number of hydrogen-bond donors (Lipinski definition) is 2. The molecule has 1 aromatic heterocycles. The van der Waals surface area contributed by atoms with Gasteiger partial charge in [-0.2, -0.15) is 0 Å². The second-order valence-electron chi connectivity index (χ2n) is 8.41. The normalized spacial score (nSPS) is 16.3. The molecule has 0 spiro atoms. The minimum Gasteiger partial charge on any atom is -0.381 e. The molecule has 0 radical (unpaired) electrons. The van der Waals surface area contributed by atoms with Crippen LogP contribution in [0.4, 0.5) is 4.39 Å². The molecule has 4 rings (SSSR count). The van der Waals surface area contributed by atoms with Gasteiger partial charge in [0.2, 0.25) is 0 Å². The molecule has 0 atom stereocenters. The Kier molecular flexibility index (Phi) is 7.05. The van der Waals surface area contributed by atoms with E-state index < -0.39 is 0 Å². The lowest BCUT2D eigenvalue weighted by Crippen LogP contribution is -2.48. The van der Waals surface area contributed by atoms with Crippen molar-refractivity contribution in [3.8, 4) is 0 Å².